The van der Waals surface area contributed by atoms with Crippen molar-refractivity contribution in [2.24, 2.45) is 0 Å². The number of ether oxygens (including phenoxy) is 1. The molecule has 0 saturated carbocycles. The van der Waals surface area contributed by atoms with Gasteiger partial charge in [-0.2, -0.15) is 0 Å². The summed E-state index contributed by atoms with van der Waals surface area (Å²) in [6.45, 7) is 4.08. The third-order valence-electron chi connectivity index (χ3n) is 3.69. The van der Waals surface area contributed by atoms with Gasteiger partial charge in [0.1, 0.15) is 11.9 Å². The second-order valence-corrected chi connectivity index (χ2v) is 6.21. The van der Waals surface area contributed by atoms with Gasteiger partial charge in [0.05, 0.1) is 5.38 Å². The number of halogens is 2. The summed E-state index contributed by atoms with van der Waals surface area (Å²) in [5.74, 6) is 0.984. The Balaban J connectivity index is 1.93. The summed E-state index contributed by atoms with van der Waals surface area (Å²) in [4.78, 5) is 0. The van der Waals surface area contributed by atoms with E-state index >= 15 is 0 Å². The fourth-order valence-corrected chi connectivity index (χ4v) is 3.01. The van der Waals surface area contributed by atoms with Crippen LogP contribution in [0, 0.1) is 6.92 Å². The molecule has 2 unspecified atom stereocenters. The quantitative estimate of drug-likeness (QED) is 0.684. The number of benzene rings is 2. The lowest BCUT2D eigenvalue weighted by molar-refractivity contribution is 0.254. The molecule has 104 valence electrons. The maximum absolute atomic E-state index is 6.61. The Kier molecular flexibility index (Phi) is 3.66. The van der Waals surface area contributed by atoms with E-state index in [4.69, 9.17) is 27.9 Å². The molecule has 3 heteroatoms. The fraction of sp³-hybridized carbons (Fsp3) is 0.294. The van der Waals surface area contributed by atoms with Gasteiger partial charge in [-0.25, -0.2) is 0 Å². The Morgan fingerprint density at radius 1 is 1.15 bits per heavy atom. The molecule has 0 radical (unpaired) electrons. The maximum atomic E-state index is 6.61. The predicted molar refractivity (Wildman–Crippen MR) is 84.1 cm³/mol. The minimum Gasteiger partial charge on any atom is -0.490 e. The summed E-state index contributed by atoms with van der Waals surface area (Å²) < 4.78 is 5.72. The first-order chi connectivity index (χ1) is 9.54. The Bertz CT molecular complexity index is 651. The van der Waals surface area contributed by atoms with Crippen LogP contribution in [0.4, 0.5) is 0 Å². The van der Waals surface area contributed by atoms with E-state index in [2.05, 4.69) is 13.0 Å². The van der Waals surface area contributed by atoms with E-state index in [1.165, 1.54) is 5.56 Å². The number of fused-ring (bicyclic) bond motifs is 1. The van der Waals surface area contributed by atoms with Crippen LogP contribution in [0.3, 0.4) is 0 Å². The van der Waals surface area contributed by atoms with Gasteiger partial charge in [-0.3, -0.25) is 0 Å². The van der Waals surface area contributed by atoms with E-state index in [1.54, 1.807) is 0 Å². The van der Waals surface area contributed by atoms with Crippen LogP contribution in [0.25, 0.3) is 0 Å². The van der Waals surface area contributed by atoms with Crippen LogP contribution >= 0.6 is 23.2 Å². The molecular weight excluding hydrogens is 291 g/mol. The van der Waals surface area contributed by atoms with Crippen molar-refractivity contribution in [3.63, 3.8) is 0 Å². The standard InChI is InChI=1S/C17H16Cl2O/c1-10-7-12(3-5-15(10)18)17(19)13-4-6-16-14(9-13)8-11(2)20-16/h3-7,9,11,17H,8H2,1-2H3. The first-order valence-electron chi connectivity index (χ1n) is 6.74. The van der Waals surface area contributed by atoms with Crippen molar-refractivity contribution in [1.82, 2.24) is 0 Å². The van der Waals surface area contributed by atoms with Gasteiger partial charge in [-0.15, -0.1) is 11.6 Å². The lowest BCUT2D eigenvalue weighted by Crippen LogP contribution is -2.05. The van der Waals surface area contributed by atoms with E-state index in [-0.39, 0.29) is 11.5 Å². The van der Waals surface area contributed by atoms with Gasteiger partial charge in [0.2, 0.25) is 0 Å². The molecule has 0 fully saturated rings. The Labute approximate surface area is 129 Å². The van der Waals surface area contributed by atoms with Crippen LogP contribution in [0.1, 0.15) is 34.6 Å². The molecule has 0 spiro atoms. The van der Waals surface area contributed by atoms with Crippen LogP contribution < -0.4 is 4.74 Å². The van der Waals surface area contributed by atoms with Crippen molar-refractivity contribution in [1.29, 1.82) is 0 Å². The van der Waals surface area contributed by atoms with Crippen molar-refractivity contribution < 1.29 is 4.74 Å². The number of rotatable bonds is 2. The molecule has 1 nitrogen and oxygen atoms in total. The molecule has 20 heavy (non-hydrogen) atoms. The van der Waals surface area contributed by atoms with E-state index in [9.17, 15) is 0 Å². The molecule has 0 aromatic heterocycles. The molecule has 1 aliphatic rings. The molecule has 2 atom stereocenters. The molecule has 1 heterocycles. The Morgan fingerprint density at radius 3 is 2.60 bits per heavy atom. The highest BCUT2D eigenvalue weighted by Gasteiger charge is 2.21. The molecule has 0 aliphatic carbocycles. The van der Waals surface area contributed by atoms with Crippen molar-refractivity contribution in [2.45, 2.75) is 31.7 Å². The monoisotopic (exact) mass is 306 g/mol. The Morgan fingerprint density at radius 2 is 1.85 bits per heavy atom. The first kappa shape index (κ1) is 13.8. The van der Waals surface area contributed by atoms with Gasteiger partial charge in [-0.1, -0.05) is 35.9 Å². The van der Waals surface area contributed by atoms with E-state index < -0.39 is 0 Å². The third kappa shape index (κ3) is 2.53. The fourth-order valence-electron chi connectivity index (χ4n) is 2.62. The summed E-state index contributed by atoms with van der Waals surface area (Å²) in [6.07, 6.45) is 1.21. The van der Waals surface area contributed by atoms with Crippen molar-refractivity contribution in [3.05, 3.63) is 63.7 Å². The molecule has 2 aromatic rings. The molecule has 2 aromatic carbocycles. The average Bonchev–Trinajstić information content (AvgIpc) is 2.80. The lowest BCUT2D eigenvalue weighted by Gasteiger charge is -2.13. The zero-order valence-electron chi connectivity index (χ0n) is 11.5. The summed E-state index contributed by atoms with van der Waals surface area (Å²) in [5, 5.41) is 0.612. The third-order valence-corrected chi connectivity index (χ3v) is 4.62. The highest BCUT2D eigenvalue weighted by atomic mass is 35.5. The predicted octanol–water partition coefficient (Wildman–Crippen LogP) is 5.30. The zero-order valence-corrected chi connectivity index (χ0v) is 13.0. The van der Waals surface area contributed by atoms with Gasteiger partial charge in [0.25, 0.3) is 0 Å². The summed E-state index contributed by atoms with van der Waals surface area (Å²) in [7, 11) is 0. The number of aryl methyl sites for hydroxylation is 1. The van der Waals surface area contributed by atoms with Crippen LogP contribution in [0.5, 0.6) is 5.75 Å². The van der Waals surface area contributed by atoms with Crippen LogP contribution in [0.15, 0.2) is 36.4 Å². The highest BCUT2D eigenvalue weighted by Crippen LogP contribution is 2.36. The molecule has 1 aliphatic heterocycles. The molecule has 0 saturated heterocycles. The van der Waals surface area contributed by atoms with Crippen LogP contribution in [-0.2, 0) is 6.42 Å². The van der Waals surface area contributed by atoms with Crippen molar-refractivity contribution >= 4 is 23.2 Å². The molecular formula is C17H16Cl2O. The second-order valence-electron chi connectivity index (χ2n) is 5.37. The van der Waals surface area contributed by atoms with E-state index in [0.717, 1.165) is 33.9 Å². The Hall–Kier alpha value is -1.18. The van der Waals surface area contributed by atoms with E-state index in [1.807, 2.05) is 37.3 Å². The first-order valence-corrected chi connectivity index (χ1v) is 7.55. The molecule has 0 N–H and O–H groups in total. The second kappa shape index (κ2) is 5.31. The largest absolute Gasteiger partial charge is 0.490 e. The number of hydrogen-bond acceptors (Lipinski definition) is 1. The smallest absolute Gasteiger partial charge is 0.123 e. The van der Waals surface area contributed by atoms with Gasteiger partial charge in [-0.05, 0) is 48.2 Å². The molecule has 3 rings (SSSR count). The molecule has 0 bridgehead atoms. The van der Waals surface area contributed by atoms with Crippen LogP contribution in [-0.4, -0.2) is 6.10 Å². The summed E-state index contributed by atoms with van der Waals surface area (Å²) >= 11 is 12.7. The average molecular weight is 307 g/mol. The number of hydrogen-bond donors (Lipinski definition) is 0. The minimum absolute atomic E-state index is 0.160. The van der Waals surface area contributed by atoms with Crippen molar-refractivity contribution in [2.75, 3.05) is 0 Å². The van der Waals surface area contributed by atoms with Gasteiger partial charge in [0, 0.05) is 11.4 Å². The topological polar surface area (TPSA) is 9.23 Å². The van der Waals surface area contributed by atoms with Crippen molar-refractivity contribution in [3.8, 4) is 5.75 Å². The highest BCUT2D eigenvalue weighted by molar-refractivity contribution is 6.31. The van der Waals surface area contributed by atoms with Gasteiger partial charge >= 0.3 is 0 Å². The lowest BCUT2D eigenvalue weighted by atomic mass is 9.99. The van der Waals surface area contributed by atoms with Gasteiger partial charge in [0.15, 0.2) is 0 Å². The maximum Gasteiger partial charge on any atom is 0.123 e. The normalized spacial score (nSPS) is 18.5. The van der Waals surface area contributed by atoms with Crippen LogP contribution in [0.2, 0.25) is 5.02 Å². The SMILES string of the molecule is Cc1cc(C(Cl)c2ccc3c(c2)CC(C)O3)ccc1Cl. The van der Waals surface area contributed by atoms with Gasteiger partial charge < -0.3 is 4.74 Å². The van der Waals surface area contributed by atoms with E-state index in [0.29, 0.717) is 0 Å². The number of alkyl halides is 1. The summed E-state index contributed by atoms with van der Waals surface area (Å²) in [5.41, 5.74) is 4.46. The minimum atomic E-state index is -0.160. The summed E-state index contributed by atoms with van der Waals surface area (Å²) in [6, 6.07) is 12.1. The molecule has 0 amide bonds. The zero-order chi connectivity index (χ0) is 14.3.